The van der Waals surface area contributed by atoms with E-state index in [2.05, 4.69) is 47.6 Å². The Morgan fingerprint density at radius 3 is 2.45 bits per heavy atom. The lowest BCUT2D eigenvalue weighted by atomic mass is 9.43. The average molecular weight is 401 g/mol. The molecule has 0 aromatic rings. The Bertz CT molecular complexity index is 634. The van der Waals surface area contributed by atoms with E-state index >= 15 is 0 Å². The van der Waals surface area contributed by atoms with Crippen LogP contribution >= 0.6 is 0 Å². The van der Waals surface area contributed by atoms with Crippen molar-refractivity contribution in [3.63, 3.8) is 0 Å². The predicted octanol–water partition coefficient (Wildman–Crippen LogP) is 7.78. The molecule has 0 bridgehead atoms. The molecular weight excluding hydrogens is 352 g/mol. The molecule has 1 heteroatoms. The van der Waals surface area contributed by atoms with E-state index < -0.39 is 0 Å². The number of allylic oxidation sites excluding steroid dienone is 2. The minimum absolute atomic E-state index is 0.0700. The monoisotopic (exact) mass is 400 g/mol. The van der Waals surface area contributed by atoms with Crippen LogP contribution in [0, 0.1) is 45.8 Å². The molecule has 1 N–H and O–H groups in total. The summed E-state index contributed by atoms with van der Waals surface area (Å²) >= 11 is 0. The van der Waals surface area contributed by atoms with Gasteiger partial charge in [-0.25, -0.2) is 0 Å². The highest BCUT2D eigenvalue weighted by molar-refractivity contribution is 5.29. The molecule has 3 fully saturated rings. The fraction of sp³-hybridized carbons (Fsp3) is 0.929. The minimum atomic E-state index is -0.0700. The van der Waals surface area contributed by atoms with Crippen molar-refractivity contribution in [3.8, 4) is 0 Å². The Hall–Kier alpha value is -0.300. The normalized spacial score (nSPS) is 47.9. The molecule has 0 radical (unpaired) electrons. The second kappa shape index (κ2) is 7.68. The third-order valence-electron chi connectivity index (χ3n) is 10.9. The summed E-state index contributed by atoms with van der Waals surface area (Å²) in [5.41, 5.74) is 3.11. The number of rotatable bonds is 5. The molecule has 0 saturated heterocycles. The largest absolute Gasteiger partial charge is 0.393 e. The van der Waals surface area contributed by atoms with Crippen molar-refractivity contribution >= 4 is 0 Å². The highest BCUT2D eigenvalue weighted by Crippen LogP contribution is 2.69. The molecule has 0 spiro atoms. The van der Waals surface area contributed by atoms with Gasteiger partial charge in [0.2, 0.25) is 0 Å². The van der Waals surface area contributed by atoms with E-state index in [1.165, 1.54) is 57.8 Å². The van der Waals surface area contributed by atoms with Crippen LogP contribution in [0.4, 0.5) is 0 Å². The van der Waals surface area contributed by atoms with Crippen LogP contribution in [0.25, 0.3) is 0 Å². The van der Waals surface area contributed by atoms with Gasteiger partial charge in [-0.1, -0.05) is 72.5 Å². The molecule has 4 aliphatic rings. The molecule has 8 atom stereocenters. The topological polar surface area (TPSA) is 20.2 Å². The highest BCUT2D eigenvalue weighted by Gasteiger charge is 2.61. The Balaban J connectivity index is 1.53. The van der Waals surface area contributed by atoms with Gasteiger partial charge in [-0.2, -0.15) is 0 Å². The van der Waals surface area contributed by atoms with Gasteiger partial charge in [-0.3, -0.25) is 0 Å². The van der Waals surface area contributed by atoms with Crippen LogP contribution in [0.3, 0.4) is 0 Å². The molecule has 29 heavy (non-hydrogen) atoms. The third kappa shape index (κ3) is 3.46. The Labute approximate surface area is 181 Å². The van der Waals surface area contributed by atoms with Gasteiger partial charge >= 0.3 is 0 Å². The zero-order valence-electron chi connectivity index (χ0n) is 20.3. The summed E-state index contributed by atoms with van der Waals surface area (Å²) in [5.74, 6) is 4.28. The molecule has 0 aliphatic heterocycles. The van der Waals surface area contributed by atoms with Crippen LogP contribution < -0.4 is 0 Å². The second-order valence-corrected chi connectivity index (χ2v) is 12.9. The SMILES string of the molecule is CC(C)CCC[C@@H](C)[C@H]1CC[C@H]2C3=CC[C@]4(C)C[C@@H](O)CC[C@]4(C)[C@H]3CC[C@]12C. The molecule has 1 nitrogen and oxygen atoms in total. The van der Waals surface area contributed by atoms with Crippen molar-refractivity contribution in [1.82, 2.24) is 0 Å². The van der Waals surface area contributed by atoms with Crippen molar-refractivity contribution in [1.29, 1.82) is 0 Å². The van der Waals surface area contributed by atoms with Crippen LogP contribution in [0.2, 0.25) is 0 Å². The fourth-order valence-corrected chi connectivity index (χ4v) is 8.87. The zero-order chi connectivity index (χ0) is 21.0. The van der Waals surface area contributed by atoms with Crippen LogP contribution in [0.5, 0.6) is 0 Å². The number of hydrogen-bond donors (Lipinski definition) is 1. The molecule has 0 amide bonds. The molecule has 4 rings (SSSR count). The summed E-state index contributed by atoms with van der Waals surface area (Å²) in [6, 6.07) is 0. The van der Waals surface area contributed by atoms with Crippen molar-refractivity contribution in [2.24, 2.45) is 45.8 Å². The van der Waals surface area contributed by atoms with Crippen LogP contribution in [-0.4, -0.2) is 11.2 Å². The van der Waals surface area contributed by atoms with Gasteiger partial charge in [0, 0.05) is 0 Å². The standard InChI is InChI=1S/C28H48O/c1-19(2)8-7-9-20(3)23-10-11-24-22-13-15-26(4)18-21(29)12-17-28(26,6)25(22)14-16-27(23,24)5/h13,19-21,23-25,29H,7-12,14-18H2,1-6H3/t20-,21+,23-,24+,25+,26-,27-,28-/m1/s1. The van der Waals surface area contributed by atoms with E-state index in [0.29, 0.717) is 16.2 Å². The molecule has 0 heterocycles. The minimum Gasteiger partial charge on any atom is -0.393 e. The van der Waals surface area contributed by atoms with Gasteiger partial charge in [0.05, 0.1) is 6.10 Å². The van der Waals surface area contributed by atoms with Crippen molar-refractivity contribution in [2.75, 3.05) is 0 Å². The quantitative estimate of drug-likeness (QED) is 0.467. The molecule has 0 aromatic carbocycles. The number of hydrogen-bond acceptors (Lipinski definition) is 1. The van der Waals surface area contributed by atoms with Gasteiger partial charge < -0.3 is 5.11 Å². The van der Waals surface area contributed by atoms with Crippen LogP contribution in [-0.2, 0) is 0 Å². The van der Waals surface area contributed by atoms with E-state index in [4.69, 9.17) is 0 Å². The van der Waals surface area contributed by atoms with Crippen molar-refractivity contribution in [2.45, 2.75) is 118 Å². The van der Waals surface area contributed by atoms with Gasteiger partial charge in [0.15, 0.2) is 0 Å². The number of fused-ring (bicyclic) bond motifs is 5. The maximum atomic E-state index is 10.4. The van der Waals surface area contributed by atoms with Gasteiger partial charge in [-0.05, 0) is 97.2 Å². The second-order valence-electron chi connectivity index (χ2n) is 12.9. The van der Waals surface area contributed by atoms with Crippen molar-refractivity contribution in [3.05, 3.63) is 11.6 Å². The summed E-state index contributed by atoms with van der Waals surface area (Å²) in [6.45, 7) is 15.1. The maximum absolute atomic E-state index is 10.4. The van der Waals surface area contributed by atoms with E-state index in [1.807, 2.05) is 5.57 Å². The Morgan fingerprint density at radius 2 is 1.72 bits per heavy atom. The zero-order valence-corrected chi connectivity index (χ0v) is 20.3. The fourth-order valence-electron chi connectivity index (χ4n) is 8.87. The first kappa shape index (κ1) is 21.9. The predicted molar refractivity (Wildman–Crippen MR) is 124 cm³/mol. The van der Waals surface area contributed by atoms with Crippen LogP contribution in [0.15, 0.2) is 11.6 Å². The first-order valence-electron chi connectivity index (χ1n) is 13.0. The molecule has 0 aromatic heterocycles. The first-order chi connectivity index (χ1) is 13.6. The Morgan fingerprint density at radius 1 is 0.966 bits per heavy atom. The third-order valence-corrected chi connectivity index (χ3v) is 10.9. The molecular formula is C28H48O. The van der Waals surface area contributed by atoms with Gasteiger partial charge in [-0.15, -0.1) is 0 Å². The lowest BCUT2D eigenvalue weighted by Gasteiger charge is -2.62. The summed E-state index contributed by atoms with van der Waals surface area (Å²) in [5, 5.41) is 10.4. The van der Waals surface area contributed by atoms with E-state index in [9.17, 15) is 5.11 Å². The Kier molecular flexibility index (Phi) is 5.81. The number of aliphatic hydroxyl groups is 1. The molecule has 3 saturated carbocycles. The molecule has 166 valence electrons. The van der Waals surface area contributed by atoms with Crippen LogP contribution in [0.1, 0.15) is 112 Å². The van der Waals surface area contributed by atoms with E-state index in [0.717, 1.165) is 42.4 Å². The summed E-state index contributed by atoms with van der Waals surface area (Å²) in [7, 11) is 0. The van der Waals surface area contributed by atoms with Gasteiger partial charge in [0.25, 0.3) is 0 Å². The highest BCUT2D eigenvalue weighted by atomic mass is 16.3. The lowest BCUT2D eigenvalue weighted by Crippen LogP contribution is -2.54. The summed E-state index contributed by atoms with van der Waals surface area (Å²) in [4.78, 5) is 0. The van der Waals surface area contributed by atoms with Crippen molar-refractivity contribution < 1.29 is 5.11 Å². The van der Waals surface area contributed by atoms with E-state index in [-0.39, 0.29) is 6.10 Å². The number of aliphatic hydroxyl groups excluding tert-OH is 1. The smallest absolute Gasteiger partial charge is 0.0546 e. The maximum Gasteiger partial charge on any atom is 0.0546 e. The van der Waals surface area contributed by atoms with E-state index in [1.54, 1.807) is 0 Å². The summed E-state index contributed by atoms with van der Waals surface area (Å²) < 4.78 is 0. The first-order valence-corrected chi connectivity index (χ1v) is 13.0. The summed E-state index contributed by atoms with van der Waals surface area (Å²) in [6.07, 6.45) is 17.1. The van der Waals surface area contributed by atoms with Gasteiger partial charge in [0.1, 0.15) is 0 Å². The lowest BCUT2D eigenvalue weighted by molar-refractivity contribution is -0.0975. The molecule has 4 aliphatic carbocycles. The molecule has 0 unspecified atom stereocenters. The average Bonchev–Trinajstić information content (AvgIpc) is 2.99.